The quantitative estimate of drug-likeness (QED) is 0.530. The normalized spacial score (nSPS) is 18.9. The largest absolute Gasteiger partial charge is 0.310 e. The number of hydrogen-bond donors (Lipinski definition) is 1. The molecule has 0 radical (unpaired) electrons. The molecule has 1 heterocycles. The highest BCUT2D eigenvalue weighted by molar-refractivity contribution is 5.10. The van der Waals surface area contributed by atoms with Gasteiger partial charge in [-0.05, 0) is 6.42 Å². The zero-order valence-corrected chi connectivity index (χ0v) is 5.41. The fourth-order valence-electron chi connectivity index (χ4n) is 1.03. The molecule has 0 aromatic carbocycles. The van der Waals surface area contributed by atoms with Crippen LogP contribution in [0.25, 0.3) is 0 Å². The Kier molecular flexibility index (Phi) is 2.10. The van der Waals surface area contributed by atoms with Crippen LogP contribution < -0.4 is 5.32 Å². The van der Waals surface area contributed by atoms with Crippen LogP contribution in [-0.2, 0) is 0 Å². The van der Waals surface area contributed by atoms with E-state index in [0.717, 1.165) is 13.1 Å². The molecule has 0 saturated heterocycles. The molecule has 0 bridgehead atoms. The van der Waals surface area contributed by atoms with Crippen LogP contribution in [0.4, 0.5) is 0 Å². The highest BCUT2D eigenvalue weighted by Crippen LogP contribution is 2.05. The lowest BCUT2D eigenvalue weighted by atomic mass is 10.2. The molecule has 1 rings (SSSR count). The van der Waals surface area contributed by atoms with Gasteiger partial charge in [0.1, 0.15) is 0 Å². The predicted molar refractivity (Wildman–Crippen MR) is 35.9 cm³/mol. The smallest absolute Gasteiger partial charge is 0.0168 e. The summed E-state index contributed by atoms with van der Waals surface area (Å²) in [4.78, 5) is 0. The van der Waals surface area contributed by atoms with Gasteiger partial charge >= 0.3 is 0 Å². The first-order chi connectivity index (χ1) is 3.93. The monoisotopic (exact) mass is 111 g/mol. The van der Waals surface area contributed by atoms with Crippen molar-refractivity contribution in [1.82, 2.24) is 5.32 Å². The van der Waals surface area contributed by atoms with E-state index in [1.54, 1.807) is 5.57 Å². The van der Waals surface area contributed by atoms with Crippen LogP contribution >= 0.6 is 0 Å². The molecule has 0 aromatic heterocycles. The van der Waals surface area contributed by atoms with Gasteiger partial charge in [0, 0.05) is 13.1 Å². The Labute approximate surface area is 50.8 Å². The number of hydrogen-bond acceptors (Lipinski definition) is 1. The Morgan fingerprint density at radius 1 is 1.75 bits per heavy atom. The molecule has 0 amide bonds. The summed E-state index contributed by atoms with van der Waals surface area (Å²) in [7, 11) is 0. The lowest BCUT2D eigenvalue weighted by Crippen LogP contribution is -2.07. The third kappa shape index (κ3) is 1.34. The highest BCUT2D eigenvalue weighted by atomic mass is 14.9. The first kappa shape index (κ1) is 5.83. The van der Waals surface area contributed by atoms with Gasteiger partial charge in [-0.1, -0.05) is 25.0 Å². The van der Waals surface area contributed by atoms with Crippen molar-refractivity contribution in [2.75, 3.05) is 13.1 Å². The zero-order chi connectivity index (χ0) is 5.82. The molecular formula is C7H13N. The molecule has 1 aliphatic heterocycles. The second-order valence-electron chi connectivity index (χ2n) is 2.24. The minimum atomic E-state index is 1.09. The van der Waals surface area contributed by atoms with Crippen molar-refractivity contribution in [2.45, 2.75) is 19.8 Å². The molecular weight excluding hydrogens is 98.1 g/mol. The van der Waals surface area contributed by atoms with Crippen LogP contribution in [-0.4, -0.2) is 13.1 Å². The van der Waals surface area contributed by atoms with E-state index in [4.69, 9.17) is 0 Å². The van der Waals surface area contributed by atoms with E-state index in [9.17, 15) is 0 Å². The van der Waals surface area contributed by atoms with Crippen LogP contribution in [0.1, 0.15) is 19.8 Å². The summed E-state index contributed by atoms with van der Waals surface area (Å²) in [5, 5.41) is 3.26. The Balaban J connectivity index is 2.23. The first-order valence-corrected chi connectivity index (χ1v) is 3.32. The molecule has 1 aliphatic rings. The Morgan fingerprint density at radius 2 is 2.62 bits per heavy atom. The van der Waals surface area contributed by atoms with Gasteiger partial charge in [0.05, 0.1) is 0 Å². The average Bonchev–Trinajstić information content (AvgIpc) is 2.19. The Hall–Kier alpha value is -0.300. The standard InChI is InChI=1S/C7H13N/c1-2-3-7-4-5-8-6-7/h4,8H,2-3,5-6H2,1H3. The van der Waals surface area contributed by atoms with Gasteiger partial charge < -0.3 is 5.32 Å². The van der Waals surface area contributed by atoms with Crippen LogP contribution in [0.15, 0.2) is 11.6 Å². The molecule has 0 saturated carbocycles. The Bertz CT molecular complexity index is 94.6. The zero-order valence-electron chi connectivity index (χ0n) is 5.41. The van der Waals surface area contributed by atoms with Gasteiger partial charge in [-0.2, -0.15) is 0 Å². The average molecular weight is 111 g/mol. The molecule has 0 spiro atoms. The van der Waals surface area contributed by atoms with E-state index in [1.807, 2.05) is 0 Å². The minimum Gasteiger partial charge on any atom is -0.310 e. The van der Waals surface area contributed by atoms with Crippen molar-refractivity contribution in [1.29, 1.82) is 0 Å². The molecule has 1 nitrogen and oxygen atoms in total. The molecule has 0 unspecified atom stereocenters. The number of nitrogens with one attached hydrogen (secondary N) is 1. The second-order valence-corrected chi connectivity index (χ2v) is 2.24. The van der Waals surface area contributed by atoms with Gasteiger partial charge in [0.2, 0.25) is 0 Å². The van der Waals surface area contributed by atoms with Crippen LogP contribution in [0.5, 0.6) is 0 Å². The molecule has 1 heteroatoms. The van der Waals surface area contributed by atoms with Crippen LogP contribution in [0.2, 0.25) is 0 Å². The van der Waals surface area contributed by atoms with Gasteiger partial charge in [0.25, 0.3) is 0 Å². The van der Waals surface area contributed by atoms with Gasteiger partial charge in [-0.25, -0.2) is 0 Å². The molecule has 0 fully saturated rings. The van der Waals surface area contributed by atoms with Crippen molar-refractivity contribution in [2.24, 2.45) is 0 Å². The highest BCUT2D eigenvalue weighted by Gasteiger charge is 1.99. The molecule has 0 atom stereocenters. The fourth-order valence-corrected chi connectivity index (χ4v) is 1.03. The summed E-state index contributed by atoms with van der Waals surface area (Å²) in [6.07, 6.45) is 4.87. The van der Waals surface area contributed by atoms with Crippen LogP contribution in [0.3, 0.4) is 0 Å². The van der Waals surface area contributed by atoms with Gasteiger partial charge in [-0.15, -0.1) is 0 Å². The molecule has 0 aromatic rings. The molecule has 46 valence electrons. The Morgan fingerprint density at radius 3 is 3.12 bits per heavy atom. The van der Waals surface area contributed by atoms with Crippen molar-refractivity contribution in [3.05, 3.63) is 11.6 Å². The van der Waals surface area contributed by atoms with Crippen LogP contribution in [0, 0.1) is 0 Å². The van der Waals surface area contributed by atoms with E-state index in [-0.39, 0.29) is 0 Å². The lowest BCUT2D eigenvalue weighted by Gasteiger charge is -1.94. The van der Waals surface area contributed by atoms with Crippen molar-refractivity contribution in [3.63, 3.8) is 0 Å². The summed E-state index contributed by atoms with van der Waals surface area (Å²) in [5.74, 6) is 0. The van der Waals surface area contributed by atoms with Crippen molar-refractivity contribution in [3.8, 4) is 0 Å². The third-order valence-electron chi connectivity index (χ3n) is 1.46. The topological polar surface area (TPSA) is 12.0 Å². The maximum Gasteiger partial charge on any atom is 0.0168 e. The van der Waals surface area contributed by atoms with E-state index < -0.39 is 0 Å². The summed E-state index contributed by atoms with van der Waals surface area (Å²) >= 11 is 0. The first-order valence-electron chi connectivity index (χ1n) is 3.32. The lowest BCUT2D eigenvalue weighted by molar-refractivity contribution is 0.822. The summed E-state index contributed by atoms with van der Waals surface area (Å²) in [6, 6.07) is 0. The number of rotatable bonds is 2. The maximum atomic E-state index is 3.26. The predicted octanol–water partition coefficient (Wildman–Crippen LogP) is 1.32. The van der Waals surface area contributed by atoms with E-state index >= 15 is 0 Å². The van der Waals surface area contributed by atoms with Gasteiger partial charge in [0.15, 0.2) is 0 Å². The summed E-state index contributed by atoms with van der Waals surface area (Å²) in [5.41, 5.74) is 1.59. The summed E-state index contributed by atoms with van der Waals surface area (Å²) < 4.78 is 0. The van der Waals surface area contributed by atoms with E-state index in [2.05, 4.69) is 18.3 Å². The minimum absolute atomic E-state index is 1.09. The molecule has 8 heavy (non-hydrogen) atoms. The van der Waals surface area contributed by atoms with Gasteiger partial charge in [-0.3, -0.25) is 0 Å². The second kappa shape index (κ2) is 2.88. The fraction of sp³-hybridized carbons (Fsp3) is 0.714. The third-order valence-corrected chi connectivity index (χ3v) is 1.46. The summed E-state index contributed by atoms with van der Waals surface area (Å²) in [6.45, 7) is 4.45. The van der Waals surface area contributed by atoms with E-state index in [1.165, 1.54) is 12.8 Å². The van der Waals surface area contributed by atoms with Crippen molar-refractivity contribution >= 4 is 0 Å². The maximum absolute atomic E-state index is 3.26. The SMILES string of the molecule is CCCC1=CCNC1. The van der Waals surface area contributed by atoms with Crippen molar-refractivity contribution < 1.29 is 0 Å². The molecule has 1 N–H and O–H groups in total. The molecule has 0 aliphatic carbocycles. The van der Waals surface area contributed by atoms with E-state index in [0.29, 0.717) is 0 Å².